The van der Waals surface area contributed by atoms with Crippen LogP contribution in [0.4, 0.5) is 10.2 Å². The summed E-state index contributed by atoms with van der Waals surface area (Å²) in [6.45, 7) is 2.84. The second-order valence-corrected chi connectivity index (χ2v) is 10.1. The lowest BCUT2D eigenvalue weighted by molar-refractivity contribution is 0.108. The van der Waals surface area contributed by atoms with Gasteiger partial charge in [0.05, 0.1) is 21.4 Å². The summed E-state index contributed by atoms with van der Waals surface area (Å²) in [6, 6.07) is 2.20. The average Bonchev–Trinajstić information content (AvgIpc) is 3.43. The lowest BCUT2D eigenvalue weighted by atomic mass is 9.95. The summed E-state index contributed by atoms with van der Waals surface area (Å²) in [5.41, 5.74) is 0.359. The van der Waals surface area contributed by atoms with Gasteiger partial charge in [-0.15, -0.1) is 0 Å². The van der Waals surface area contributed by atoms with Crippen LogP contribution < -0.4 is 14.4 Å². The number of hydrogen-bond donors (Lipinski definition) is 0. The standard InChI is InChI=1S/C22H26BrFN4O2/c1-27-14-5-2-6-15(14)30-16-11-13(23)18(24)19-17(16)20(27)26-21(25-19)29-12-22-7-3-9-28(22)10-4-8-22/h11,14-15H,2-10,12H2,1H3/t14-,15+/m1/s1. The summed E-state index contributed by atoms with van der Waals surface area (Å²) in [5, 5.41) is 0.640. The van der Waals surface area contributed by atoms with Gasteiger partial charge in [0.15, 0.2) is 5.82 Å². The molecule has 1 saturated carbocycles. The van der Waals surface area contributed by atoms with Crippen molar-refractivity contribution in [2.45, 2.75) is 62.6 Å². The SMILES string of the molecule is CN1c2nc(OCC34CCCN3CCC4)nc3c(F)c(Br)cc(c23)O[C@H]2CCC[C@H]21. The van der Waals surface area contributed by atoms with Crippen LogP contribution in [0.5, 0.6) is 11.8 Å². The number of hydrogen-bond acceptors (Lipinski definition) is 6. The van der Waals surface area contributed by atoms with E-state index in [0.29, 0.717) is 28.0 Å². The Morgan fingerprint density at radius 3 is 2.83 bits per heavy atom. The van der Waals surface area contributed by atoms with Gasteiger partial charge in [-0.1, -0.05) is 0 Å². The van der Waals surface area contributed by atoms with E-state index >= 15 is 4.39 Å². The molecule has 4 aliphatic rings. The zero-order chi connectivity index (χ0) is 20.5. The van der Waals surface area contributed by atoms with E-state index in [0.717, 1.165) is 45.2 Å². The van der Waals surface area contributed by atoms with Crippen LogP contribution in [0, 0.1) is 5.82 Å². The number of anilines is 1. The van der Waals surface area contributed by atoms with Crippen LogP contribution in [0.3, 0.4) is 0 Å². The molecule has 0 N–H and O–H groups in total. The molecule has 1 aliphatic carbocycles. The number of likely N-dealkylation sites (N-methyl/N-ethyl adjacent to an activating group) is 1. The summed E-state index contributed by atoms with van der Waals surface area (Å²) in [7, 11) is 2.03. The quantitative estimate of drug-likeness (QED) is 0.658. The summed E-state index contributed by atoms with van der Waals surface area (Å²) < 4.78 is 28.0. The van der Waals surface area contributed by atoms with E-state index in [1.54, 1.807) is 6.07 Å². The van der Waals surface area contributed by atoms with Gasteiger partial charge < -0.3 is 14.4 Å². The molecule has 8 heteroatoms. The molecular formula is C22H26BrFN4O2. The van der Waals surface area contributed by atoms with E-state index in [9.17, 15) is 0 Å². The minimum absolute atomic E-state index is 0.0820. The molecule has 2 aromatic rings. The maximum Gasteiger partial charge on any atom is 0.319 e. The summed E-state index contributed by atoms with van der Waals surface area (Å²) in [4.78, 5) is 14.0. The van der Waals surface area contributed by atoms with Crippen LogP contribution in [0.15, 0.2) is 10.5 Å². The van der Waals surface area contributed by atoms with Gasteiger partial charge in [-0.25, -0.2) is 4.39 Å². The third-order valence-corrected chi connectivity index (χ3v) is 8.18. The fourth-order valence-corrected chi connectivity index (χ4v) is 6.45. The van der Waals surface area contributed by atoms with Gasteiger partial charge >= 0.3 is 6.01 Å². The van der Waals surface area contributed by atoms with Gasteiger partial charge in [0.1, 0.15) is 29.8 Å². The van der Waals surface area contributed by atoms with Crippen LogP contribution in [0.25, 0.3) is 10.9 Å². The Hall–Kier alpha value is -1.67. The van der Waals surface area contributed by atoms with Crippen LogP contribution in [-0.2, 0) is 0 Å². The Morgan fingerprint density at radius 2 is 2.03 bits per heavy atom. The average molecular weight is 477 g/mol. The van der Waals surface area contributed by atoms with Crippen LogP contribution >= 0.6 is 15.9 Å². The Kier molecular flexibility index (Phi) is 4.39. The maximum atomic E-state index is 15.1. The van der Waals surface area contributed by atoms with E-state index in [1.807, 2.05) is 7.05 Å². The summed E-state index contributed by atoms with van der Waals surface area (Å²) >= 11 is 3.35. The second kappa shape index (κ2) is 6.92. The molecule has 0 bridgehead atoms. The number of nitrogens with zero attached hydrogens (tertiary/aromatic N) is 4. The van der Waals surface area contributed by atoms with Crippen molar-refractivity contribution in [3.05, 3.63) is 16.4 Å². The first-order valence-corrected chi connectivity index (χ1v) is 11.8. The van der Waals surface area contributed by atoms with Crippen molar-refractivity contribution in [2.24, 2.45) is 0 Å². The van der Waals surface area contributed by atoms with Crippen molar-refractivity contribution < 1.29 is 13.9 Å². The zero-order valence-electron chi connectivity index (χ0n) is 17.2. The van der Waals surface area contributed by atoms with Gasteiger partial charge in [0.2, 0.25) is 0 Å². The van der Waals surface area contributed by atoms with Crippen LogP contribution in [0.2, 0.25) is 0 Å². The Bertz CT molecular complexity index is 1010. The van der Waals surface area contributed by atoms with Gasteiger partial charge in [-0.05, 0) is 80.0 Å². The molecule has 0 radical (unpaired) electrons. The van der Waals surface area contributed by atoms with E-state index in [-0.39, 0.29) is 29.2 Å². The van der Waals surface area contributed by atoms with E-state index in [1.165, 1.54) is 12.8 Å². The minimum atomic E-state index is -0.396. The van der Waals surface area contributed by atoms with E-state index in [2.05, 4.69) is 30.7 Å². The summed E-state index contributed by atoms with van der Waals surface area (Å²) in [6.07, 6.45) is 7.95. The maximum absolute atomic E-state index is 15.1. The van der Waals surface area contributed by atoms with Crippen molar-refractivity contribution >= 4 is 32.7 Å². The van der Waals surface area contributed by atoms with E-state index in [4.69, 9.17) is 14.5 Å². The van der Waals surface area contributed by atoms with Crippen molar-refractivity contribution in [3.8, 4) is 11.8 Å². The molecule has 2 saturated heterocycles. The number of fused-ring (bicyclic) bond motifs is 2. The molecule has 3 fully saturated rings. The van der Waals surface area contributed by atoms with Gasteiger partial charge in [0, 0.05) is 7.05 Å². The predicted molar refractivity (Wildman–Crippen MR) is 116 cm³/mol. The Morgan fingerprint density at radius 1 is 1.23 bits per heavy atom. The normalized spacial score (nSPS) is 27.1. The molecule has 30 heavy (non-hydrogen) atoms. The predicted octanol–water partition coefficient (Wildman–Crippen LogP) is 4.29. The molecule has 1 aromatic heterocycles. The van der Waals surface area contributed by atoms with Gasteiger partial charge in [-0.3, -0.25) is 4.90 Å². The van der Waals surface area contributed by atoms with Crippen LogP contribution in [-0.4, -0.2) is 59.3 Å². The second-order valence-electron chi connectivity index (χ2n) is 9.20. The fourth-order valence-electron chi connectivity index (χ4n) is 6.06. The highest BCUT2D eigenvalue weighted by Crippen LogP contribution is 2.45. The lowest BCUT2D eigenvalue weighted by Gasteiger charge is -2.31. The molecule has 6 rings (SSSR count). The largest absolute Gasteiger partial charge is 0.487 e. The fraction of sp³-hybridized carbons (Fsp3) is 0.636. The molecule has 2 atom stereocenters. The number of rotatable bonds is 3. The molecule has 1 aromatic carbocycles. The zero-order valence-corrected chi connectivity index (χ0v) is 18.8. The lowest BCUT2D eigenvalue weighted by Crippen LogP contribution is -2.43. The number of aromatic nitrogens is 2. The van der Waals surface area contributed by atoms with Gasteiger partial charge in [-0.2, -0.15) is 9.97 Å². The Balaban J connectivity index is 1.43. The number of benzene rings is 1. The highest BCUT2D eigenvalue weighted by atomic mass is 79.9. The monoisotopic (exact) mass is 476 g/mol. The minimum Gasteiger partial charge on any atom is -0.487 e. The molecule has 6 nitrogen and oxygen atoms in total. The van der Waals surface area contributed by atoms with Crippen molar-refractivity contribution in [1.29, 1.82) is 0 Å². The van der Waals surface area contributed by atoms with E-state index < -0.39 is 5.82 Å². The third-order valence-electron chi connectivity index (χ3n) is 7.60. The van der Waals surface area contributed by atoms with Crippen molar-refractivity contribution in [2.75, 3.05) is 31.6 Å². The first kappa shape index (κ1) is 19.0. The third kappa shape index (κ3) is 2.75. The Labute approximate surface area is 183 Å². The topological polar surface area (TPSA) is 50.7 Å². The molecule has 160 valence electrons. The molecule has 0 amide bonds. The number of halogens is 2. The first-order valence-electron chi connectivity index (χ1n) is 11.0. The number of ether oxygens (including phenoxy) is 2. The van der Waals surface area contributed by atoms with Gasteiger partial charge in [0.25, 0.3) is 0 Å². The van der Waals surface area contributed by atoms with Crippen LogP contribution in [0.1, 0.15) is 44.9 Å². The highest BCUT2D eigenvalue weighted by molar-refractivity contribution is 9.10. The van der Waals surface area contributed by atoms with Crippen molar-refractivity contribution in [3.63, 3.8) is 0 Å². The molecule has 0 unspecified atom stereocenters. The molecule has 3 aliphatic heterocycles. The van der Waals surface area contributed by atoms with Crippen molar-refractivity contribution in [1.82, 2.24) is 14.9 Å². The highest BCUT2D eigenvalue weighted by Gasteiger charge is 2.45. The molecule has 0 spiro atoms. The summed E-state index contributed by atoms with van der Waals surface area (Å²) in [5.74, 6) is 0.961. The molecule has 4 heterocycles. The smallest absolute Gasteiger partial charge is 0.319 e. The first-order chi connectivity index (χ1) is 14.6. The molecular weight excluding hydrogens is 451 g/mol.